The summed E-state index contributed by atoms with van der Waals surface area (Å²) in [6.07, 6.45) is 0. The van der Waals surface area contributed by atoms with E-state index in [1.54, 1.807) is 42.5 Å². The van der Waals surface area contributed by atoms with Crippen molar-refractivity contribution in [2.75, 3.05) is 10.6 Å². The van der Waals surface area contributed by atoms with Gasteiger partial charge in [-0.15, -0.1) is 0 Å². The molecule has 6 heteroatoms. The molecule has 0 spiro atoms. The fraction of sp³-hybridized carbons (Fsp3) is 0.0909. The third kappa shape index (κ3) is 5.35. The van der Waals surface area contributed by atoms with Gasteiger partial charge in [-0.1, -0.05) is 42.0 Å². The van der Waals surface area contributed by atoms with E-state index >= 15 is 0 Å². The zero-order valence-corrected chi connectivity index (χ0v) is 15.4. The number of ether oxygens (including phenoxy) is 1. The first-order valence-corrected chi connectivity index (χ1v) is 8.76. The van der Waals surface area contributed by atoms with Crippen LogP contribution in [-0.4, -0.2) is 11.9 Å². The Bertz CT molecular complexity index is 1000. The van der Waals surface area contributed by atoms with Gasteiger partial charge in [-0.3, -0.25) is 4.79 Å². The Morgan fingerprint density at radius 1 is 0.893 bits per heavy atom. The maximum absolute atomic E-state index is 12.5. The van der Waals surface area contributed by atoms with Crippen LogP contribution in [0.3, 0.4) is 0 Å². The van der Waals surface area contributed by atoms with Gasteiger partial charge in [0.1, 0.15) is 12.4 Å². The molecule has 4 N–H and O–H groups in total. The lowest BCUT2D eigenvalue weighted by atomic mass is 10.1. The molecule has 28 heavy (non-hydrogen) atoms. The highest BCUT2D eigenvalue weighted by molar-refractivity contribution is 6.04. The summed E-state index contributed by atoms with van der Waals surface area (Å²) in [6, 6.07) is 21.1. The van der Waals surface area contributed by atoms with Crippen LogP contribution in [0.15, 0.2) is 72.8 Å². The molecule has 0 aliphatic carbocycles. The highest BCUT2D eigenvalue weighted by Crippen LogP contribution is 2.19. The second kappa shape index (κ2) is 8.73. The van der Waals surface area contributed by atoms with Crippen LogP contribution in [0.4, 0.5) is 16.2 Å². The first-order valence-electron chi connectivity index (χ1n) is 8.76. The van der Waals surface area contributed by atoms with Gasteiger partial charge in [0, 0.05) is 16.9 Å². The van der Waals surface area contributed by atoms with E-state index in [1.807, 2.05) is 31.2 Å². The molecular weight excluding hydrogens is 354 g/mol. The maximum Gasteiger partial charge on any atom is 0.316 e. The molecule has 0 aliphatic heterocycles. The van der Waals surface area contributed by atoms with E-state index in [0.717, 1.165) is 5.56 Å². The molecule has 3 aromatic carbocycles. The zero-order valence-electron chi connectivity index (χ0n) is 15.4. The summed E-state index contributed by atoms with van der Waals surface area (Å²) in [5.74, 6) is 0.329. The van der Waals surface area contributed by atoms with Crippen molar-refractivity contribution in [2.45, 2.75) is 13.5 Å². The predicted octanol–water partition coefficient (Wildman–Crippen LogP) is 4.32. The molecule has 3 rings (SSSR count). The van der Waals surface area contributed by atoms with E-state index in [-0.39, 0.29) is 5.91 Å². The standard InChI is InChI=1S/C22H21N3O3/c1-15-5-2-6-16(11-15)14-28-20-10-3-7-17(12-20)21(26)24-18-8-4-9-19(13-18)25-22(23)27/h2-13H,14H2,1H3,(H,24,26)(H3,23,25,27). The molecule has 0 heterocycles. The minimum Gasteiger partial charge on any atom is -0.489 e. The van der Waals surface area contributed by atoms with Crippen molar-refractivity contribution in [3.63, 3.8) is 0 Å². The minimum absolute atomic E-state index is 0.280. The smallest absolute Gasteiger partial charge is 0.316 e. The summed E-state index contributed by atoms with van der Waals surface area (Å²) >= 11 is 0. The van der Waals surface area contributed by atoms with Crippen LogP contribution in [0.5, 0.6) is 5.75 Å². The van der Waals surface area contributed by atoms with E-state index < -0.39 is 6.03 Å². The number of benzene rings is 3. The van der Waals surface area contributed by atoms with E-state index in [4.69, 9.17) is 10.5 Å². The lowest BCUT2D eigenvalue weighted by Crippen LogP contribution is -2.19. The van der Waals surface area contributed by atoms with Gasteiger partial charge in [-0.2, -0.15) is 0 Å². The third-order valence-electron chi connectivity index (χ3n) is 3.97. The average molecular weight is 375 g/mol. The Morgan fingerprint density at radius 2 is 1.61 bits per heavy atom. The van der Waals surface area contributed by atoms with Crippen LogP contribution in [0.1, 0.15) is 21.5 Å². The van der Waals surface area contributed by atoms with Crippen molar-refractivity contribution in [2.24, 2.45) is 5.73 Å². The number of hydrogen-bond donors (Lipinski definition) is 3. The summed E-state index contributed by atoms with van der Waals surface area (Å²) in [5.41, 5.74) is 8.86. The highest BCUT2D eigenvalue weighted by Gasteiger charge is 2.08. The largest absolute Gasteiger partial charge is 0.489 e. The van der Waals surface area contributed by atoms with Crippen LogP contribution in [0.2, 0.25) is 0 Å². The minimum atomic E-state index is -0.665. The van der Waals surface area contributed by atoms with Crippen molar-refractivity contribution in [3.8, 4) is 5.75 Å². The van der Waals surface area contributed by atoms with Gasteiger partial charge in [-0.05, 0) is 48.9 Å². The van der Waals surface area contributed by atoms with E-state index in [2.05, 4.69) is 16.7 Å². The number of aryl methyl sites for hydroxylation is 1. The molecule has 0 atom stereocenters. The summed E-state index contributed by atoms with van der Waals surface area (Å²) in [5, 5.41) is 5.26. The molecule has 142 valence electrons. The highest BCUT2D eigenvalue weighted by atomic mass is 16.5. The number of rotatable bonds is 6. The maximum atomic E-state index is 12.5. The molecule has 0 saturated heterocycles. The average Bonchev–Trinajstić information content (AvgIpc) is 2.66. The van der Waals surface area contributed by atoms with Crippen molar-refractivity contribution >= 4 is 23.3 Å². The van der Waals surface area contributed by atoms with Crippen molar-refractivity contribution in [3.05, 3.63) is 89.5 Å². The summed E-state index contributed by atoms with van der Waals surface area (Å²) in [6.45, 7) is 2.45. The Kier molecular flexibility index (Phi) is 5.91. The second-order valence-corrected chi connectivity index (χ2v) is 6.33. The van der Waals surface area contributed by atoms with E-state index in [9.17, 15) is 9.59 Å². The lowest BCUT2D eigenvalue weighted by Gasteiger charge is -2.10. The molecular formula is C22H21N3O3. The fourth-order valence-corrected chi connectivity index (χ4v) is 2.72. The van der Waals surface area contributed by atoms with Gasteiger partial charge in [0.15, 0.2) is 0 Å². The molecule has 6 nitrogen and oxygen atoms in total. The number of hydrogen-bond acceptors (Lipinski definition) is 3. The Morgan fingerprint density at radius 3 is 2.36 bits per heavy atom. The third-order valence-corrected chi connectivity index (χ3v) is 3.97. The van der Waals surface area contributed by atoms with E-state index in [1.165, 1.54) is 5.56 Å². The normalized spacial score (nSPS) is 10.2. The van der Waals surface area contributed by atoms with Gasteiger partial charge in [-0.25, -0.2) is 4.79 Å². The molecule has 3 aromatic rings. The Balaban J connectivity index is 1.66. The monoisotopic (exact) mass is 375 g/mol. The van der Waals surface area contributed by atoms with Gasteiger partial charge >= 0.3 is 6.03 Å². The van der Waals surface area contributed by atoms with E-state index in [0.29, 0.717) is 29.3 Å². The van der Waals surface area contributed by atoms with Crippen molar-refractivity contribution in [1.82, 2.24) is 0 Å². The molecule has 0 aliphatic rings. The number of anilines is 2. The molecule has 0 saturated carbocycles. The number of primary amides is 1. The van der Waals surface area contributed by atoms with Crippen molar-refractivity contribution in [1.29, 1.82) is 0 Å². The van der Waals surface area contributed by atoms with Gasteiger partial charge in [0.05, 0.1) is 0 Å². The fourth-order valence-electron chi connectivity index (χ4n) is 2.72. The van der Waals surface area contributed by atoms with Crippen LogP contribution in [-0.2, 0) is 6.61 Å². The quantitative estimate of drug-likeness (QED) is 0.599. The number of carbonyl (C=O) groups excluding carboxylic acids is 2. The van der Waals surface area contributed by atoms with Gasteiger partial charge < -0.3 is 21.1 Å². The first kappa shape index (κ1) is 19.0. The Hall–Kier alpha value is -3.80. The first-order chi connectivity index (χ1) is 13.5. The number of nitrogens with one attached hydrogen (secondary N) is 2. The SMILES string of the molecule is Cc1cccc(COc2cccc(C(=O)Nc3cccc(NC(N)=O)c3)c2)c1. The molecule has 0 unspecified atom stereocenters. The predicted molar refractivity (Wildman–Crippen MR) is 110 cm³/mol. The second-order valence-electron chi connectivity index (χ2n) is 6.33. The van der Waals surface area contributed by atoms with Crippen LogP contribution in [0.25, 0.3) is 0 Å². The van der Waals surface area contributed by atoms with Gasteiger partial charge in [0.2, 0.25) is 0 Å². The van der Waals surface area contributed by atoms with Crippen LogP contribution < -0.4 is 21.1 Å². The zero-order chi connectivity index (χ0) is 19.9. The Labute approximate surface area is 163 Å². The topological polar surface area (TPSA) is 93.4 Å². The molecule has 0 bridgehead atoms. The summed E-state index contributed by atoms with van der Waals surface area (Å²) in [7, 11) is 0. The summed E-state index contributed by atoms with van der Waals surface area (Å²) < 4.78 is 5.81. The molecule has 0 fully saturated rings. The number of urea groups is 1. The number of nitrogens with two attached hydrogens (primary N) is 1. The van der Waals surface area contributed by atoms with Crippen LogP contribution >= 0.6 is 0 Å². The number of amides is 3. The molecule has 0 aromatic heterocycles. The molecule has 3 amide bonds. The molecule has 0 radical (unpaired) electrons. The summed E-state index contributed by atoms with van der Waals surface area (Å²) in [4.78, 5) is 23.5. The lowest BCUT2D eigenvalue weighted by molar-refractivity contribution is 0.102. The van der Waals surface area contributed by atoms with Crippen molar-refractivity contribution < 1.29 is 14.3 Å². The number of carbonyl (C=O) groups is 2. The van der Waals surface area contributed by atoms with Crippen LogP contribution in [0, 0.1) is 6.92 Å². The van der Waals surface area contributed by atoms with Gasteiger partial charge in [0.25, 0.3) is 5.91 Å².